The first-order valence-electron chi connectivity index (χ1n) is 8.68. The van der Waals surface area contributed by atoms with Crippen LogP contribution in [0.4, 0.5) is 0 Å². The molecule has 20 heavy (non-hydrogen) atoms. The van der Waals surface area contributed by atoms with Crippen LogP contribution in [0.3, 0.4) is 0 Å². The van der Waals surface area contributed by atoms with Gasteiger partial charge >= 0.3 is 0 Å². The van der Waals surface area contributed by atoms with Crippen molar-refractivity contribution in [3.63, 3.8) is 0 Å². The van der Waals surface area contributed by atoms with E-state index in [9.17, 15) is 0 Å². The van der Waals surface area contributed by atoms with Gasteiger partial charge in [0.05, 0.1) is 0 Å². The molecular formula is C17H37N3. The monoisotopic (exact) mass is 283 g/mol. The van der Waals surface area contributed by atoms with Gasteiger partial charge in [-0.3, -0.25) is 4.90 Å². The average Bonchev–Trinajstić information content (AvgIpc) is 2.86. The van der Waals surface area contributed by atoms with Gasteiger partial charge in [0.25, 0.3) is 0 Å². The van der Waals surface area contributed by atoms with Gasteiger partial charge in [0, 0.05) is 25.7 Å². The quantitative estimate of drug-likeness (QED) is 0.622. The van der Waals surface area contributed by atoms with Crippen molar-refractivity contribution in [2.75, 3.05) is 46.3 Å². The molecule has 0 aromatic carbocycles. The zero-order valence-electron chi connectivity index (χ0n) is 14.5. The molecule has 0 amide bonds. The van der Waals surface area contributed by atoms with Crippen molar-refractivity contribution in [1.82, 2.24) is 15.1 Å². The van der Waals surface area contributed by atoms with E-state index in [1.54, 1.807) is 0 Å². The molecule has 0 bridgehead atoms. The molecule has 1 saturated heterocycles. The summed E-state index contributed by atoms with van der Waals surface area (Å²) in [6.45, 7) is 16.5. The van der Waals surface area contributed by atoms with Crippen LogP contribution in [0.2, 0.25) is 0 Å². The fraction of sp³-hybridized carbons (Fsp3) is 1.00. The van der Waals surface area contributed by atoms with Crippen LogP contribution in [0.1, 0.15) is 53.4 Å². The summed E-state index contributed by atoms with van der Waals surface area (Å²) in [5, 5.41) is 3.61. The van der Waals surface area contributed by atoms with Gasteiger partial charge in [-0.1, -0.05) is 27.7 Å². The third-order valence-corrected chi connectivity index (χ3v) is 4.91. The molecule has 2 atom stereocenters. The van der Waals surface area contributed by atoms with Gasteiger partial charge in [-0.2, -0.15) is 0 Å². The van der Waals surface area contributed by atoms with Crippen LogP contribution in [-0.2, 0) is 0 Å². The predicted octanol–water partition coefficient (Wildman–Crippen LogP) is 2.82. The molecule has 1 N–H and O–H groups in total. The summed E-state index contributed by atoms with van der Waals surface area (Å²) in [6, 6.07) is 0.787. The Morgan fingerprint density at radius 1 is 1.30 bits per heavy atom. The predicted molar refractivity (Wildman–Crippen MR) is 89.3 cm³/mol. The molecule has 0 spiro atoms. The Bertz CT molecular complexity index is 257. The number of hydrogen-bond acceptors (Lipinski definition) is 3. The van der Waals surface area contributed by atoms with Crippen molar-refractivity contribution in [1.29, 1.82) is 0 Å². The first kappa shape index (κ1) is 17.9. The highest BCUT2D eigenvalue weighted by Crippen LogP contribution is 2.23. The number of rotatable bonds is 10. The molecule has 0 aliphatic carbocycles. The van der Waals surface area contributed by atoms with E-state index in [-0.39, 0.29) is 0 Å². The second-order valence-electron chi connectivity index (χ2n) is 6.96. The number of likely N-dealkylation sites (tertiary alicyclic amines) is 1. The zero-order chi connectivity index (χ0) is 15.0. The first-order valence-corrected chi connectivity index (χ1v) is 8.68. The molecule has 1 aliphatic rings. The standard InChI is InChI=1S/C17H37N3/c1-6-11-18-14-17(4,7-2)15-19(5)13-16-10-9-12-20(16)8-3/h16,18H,6-15H2,1-5H3. The molecular weight excluding hydrogens is 246 g/mol. The molecule has 3 heteroatoms. The minimum atomic E-state index is 0.402. The summed E-state index contributed by atoms with van der Waals surface area (Å²) in [5.41, 5.74) is 0.402. The van der Waals surface area contributed by atoms with E-state index in [4.69, 9.17) is 0 Å². The van der Waals surface area contributed by atoms with E-state index >= 15 is 0 Å². The van der Waals surface area contributed by atoms with Gasteiger partial charge < -0.3 is 10.2 Å². The van der Waals surface area contributed by atoms with Crippen molar-refractivity contribution in [3.8, 4) is 0 Å². The molecule has 120 valence electrons. The fourth-order valence-electron chi connectivity index (χ4n) is 3.45. The topological polar surface area (TPSA) is 18.5 Å². The van der Waals surface area contributed by atoms with E-state index in [1.165, 1.54) is 51.9 Å². The second-order valence-corrected chi connectivity index (χ2v) is 6.96. The minimum absolute atomic E-state index is 0.402. The van der Waals surface area contributed by atoms with Crippen molar-refractivity contribution in [2.24, 2.45) is 5.41 Å². The van der Waals surface area contributed by atoms with Gasteiger partial charge in [-0.15, -0.1) is 0 Å². The van der Waals surface area contributed by atoms with Crippen molar-refractivity contribution >= 4 is 0 Å². The molecule has 1 rings (SSSR count). The van der Waals surface area contributed by atoms with E-state index in [2.05, 4.69) is 49.9 Å². The lowest BCUT2D eigenvalue weighted by Crippen LogP contribution is -2.45. The Labute approximate surface area is 127 Å². The summed E-state index contributed by atoms with van der Waals surface area (Å²) >= 11 is 0. The molecule has 0 aromatic heterocycles. The average molecular weight is 284 g/mol. The molecule has 0 saturated carbocycles. The largest absolute Gasteiger partial charge is 0.316 e. The third kappa shape index (κ3) is 5.71. The summed E-state index contributed by atoms with van der Waals surface area (Å²) in [7, 11) is 2.31. The highest BCUT2D eigenvalue weighted by atomic mass is 15.2. The van der Waals surface area contributed by atoms with Gasteiger partial charge in [0.15, 0.2) is 0 Å². The van der Waals surface area contributed by atoms with Crippen LogP contribution in [0, 0.1) is 5.41 Å². The van der Waals surface area contributed by atoms with Crippen molar-refractivity contribution in [2.45, 2.75) is 59.4 Å². The van der Waals surface area contributed by atoms with Crippen LogP contribution in [0.25, 0.3) is 0 Å². The SMILES string of the molecule is CCCNCC(C)(CC)CN(C)CC1CCCN1CC. The molecule has 0 radical (unpaired) electrons. The maximum absolute atomic E-state index is 3.61. The van der Waals surface area contributed by atoms with Crippen LogP contribution >= 0.6 is 0 Å². The van der Waals surface area contributed by atoms with Gasteiger partial charge in [-0.05, 0) is 57.8 Å². The lowest BCUT2D eigenvalue weighted by atomic mass is 9.86. The molecule has 0 aromatic rings. The fourth-order valence-corrected chi connectivity index (χ4v) is 3.45. The highest BCUT2D eigenvalue weighted by molar-refractivity contribution is 4.84. The molecule has 1 aliphatic heterocycles. The van der Waals surface area contributed by atoms with E-state index < -0.39 is 0 Å². The van der Waals surface area contributed by atoms with Crippen molar-refractivity contribution in [3.05, 3.63) is 0 Å². The van der Waals surface area contributed by atoms with Crippen LogP contribution < -0.4 is 5.32 Å². The summed E-state index contributed by atoms with van der Waals surface area (Å²) in [4.78, 5) is 5.21. The number of nitrogens with zero attached hydrogens (tertiary/aromatic N) is 2. The Morgan fingerprint density at radius 2 is 2.05 bits per heavy atom. The Kier molecular flexibility index (Phi) is 8.08. The first-order chi connectivity index (χ1) is 9.54. The van der Waals surface area contributed by atoms with E-state index in [1.807, 2.05) is 0 Å². The molecule has 1 fully saturated rings. The van der Waals surface area contributed by atoms with E-state index in [0.717, 1.165) is 19.1 Å². The van der Waals surface area contributed by atoms with Crippen molar-refractivity contribution < 1.29 is 0 Å². The lowest BCUT2D eigenvalue weighted by molar-refractivity contribution is 0.141. The summed E-state index contributed by atoms with van der Waals surface area (Å²) in [6.07, 6.45) is 5.24. The van der Waals surface area contributed by atoms with Gasteiger partial charge in [0.2, 0.25) is 0 Å². The van der Waals surface area contributed by atoms with Gasteiger partial charge in [0.1, 0.15) is 0 Å². The maximum Gasteiger partial charge on any atom is 0.0223 e. The third-order valence-electron chi connectivity index (χ3n) is 4.91. The highest BCUT2D eigenvalue weighted by Gasteiger charge is 2.28. The van der Waals surface area contributed by atoms with Crippen LogP contribution in [0.15, 0.2) is 0 Å². The number of nitrogens with one attached hydrogen (secondary N) is 1. The molecule has 3 nitrogen and oxygen atoms in total. The van der Waals surface area contributed by atoms with Crippen LogP contribution in [0.5, 0.6) is 0 Å². The number of likely N-dealkylation sites (N-methyl/N-ethyl adjacent to an activating group) is 2. The maximum atomic E-state index is 3.61. The molecule has 1 heterocycles. The Hall–Kier alpha value is -0.120. The second kappa shape index (κ2) is 9.01. The van der Waals surface area contributed by atoms with Crippen LogP contribution in [-0.4, -0.2) is 62.2 Å². The number of hydrogen-bond donors (Lipinski definition) is 1. The Balaban J connectivity index is 2.39. The lowest BCUT2D eigenvalue weighted by Gasteiger charge is -2.35. The summed E-state index contributed by atoms with van der Waals surface area (Å²) in [5.74, 6) is 0. The van der Waals surface area contributed by atoms with Gasteiger partial charge in [-0.25, -0.2) is 0 Å². The minimum Gasteiger partial charge on any atom is -0.316 e. The normalized spacial score (nSPS) is 23.4. The summed E-state index contributed by atoms with van der Waals surface area (Å²) < 4.78 is 0. The zero-order valence-corrected chi connectivity index (χ0v) is 14.5. The smallest absolute Gasteiger partial charge is 0.0223 e. The Morgan fingerprint density at radius 3 is 2.65 bits per heavy atom. The van der Waals surface area contributed by atoms with E-state index in [0.29, 0.717) is 5.41 Å². The molecule has 2 unspecified atom stereocenters.